The van der Waals surface area contributed by atoms with Gasteiger partial charge in [-0.2, -0.15) is 0 Å². The third-order valence-corrected chi connectivity index (χ3v) is 4.87. The van der Waals surface area contributed by atoms with Gasteiger partial charge < -0.3 is 10.2 Å². The zero-order valence-corrected chi connectivity index (χ0v) is 10.2. The number of fused-ring (bicyclic) bond motifs is 2. The Morgan fingerprint density at radius 2 is 2.12 bits per heavy atom. The lowest BCUT2D eigenvalue weighted by atomic mass is 9.76. The van der Waals surface area contributed by atoms with E-state index in [4.69, 9.17) is 0 Å². The Balaban J connectivity index is 1.71. The van der Waals surface area contributed by atoms with Crippen LogP contribution in [0.4, 0.5) is 4.39 Å². The topological polar surface area (TPSA) is 15.3 Å². The predicted octanol–water partition coefficient (Wildman–Crippen LogP) is 1.81. The molecule has 5 unspecified atom stereocenters. The van der Waals surface area contributed by atoms with Crippen LogP contribution in [0.2, 0.25) is 0 Å². The maximum absolute atomic E-state index is 14.2. The van der Waals surface area contributed by atoms with Crippen LogP contribution in [0.5, 0.6) is 0 Å². The summed E-state index contributed by atoms with van der Waals surface area (Å²) >= 11 is 0. The number of rotatable bonds is 1. The summed E-state index contributed by atoms with van der Waals surface area (Å²) in [6.45, 7) is 2.30. The molecule has 3 heterocycles. The fourth-order valence-electron chi connectivity index (χ4n) is 4.16. The highest BCUT2D eigenvalue weighted by molar-refractivity contribution is 5.01. The van der Waals surface area contributed by atoms with Crippen molar-refractivity contribution in [2.75, 3.05) is 20.1 Å². The lowest BCUT2D eigenvalue weighted by Gasteiger charge is -2.42. The summed E-state index contributed by atoms with van der Waals surface area (Å²) in [5.41, 5.74) is 0. The van der Waals surface area contributed by atoms with Crippen molar-refractivity contribution in [1.82, 2.24) is 10.2 Å². The van der Waals surface area contributed by atoms with Crippen molar-refractivity contribution in [2.45, 2.75) is 50.4 Å². The highest BCUT2D eigenvalue weighted by atomic mass is 19.1. The second kappa shape index (κ2) is 4.26. The molecule has 1 N–H and O–H groups in total. The Labute approximate surface area is 97.6 Å². The van der Waals surface area contributed by atoms with E-state index in [9.17, 15) is 4.39 Å². The summed E-state index contributed by atoms with van der Waals surface area (Å²) in [4.78, 5) is 2.38. The van der Waals surface area contributed by atoms with Crippen LogP contribution < -0.4 is 5.32 Å². The molecule has 3 saturated heterocycles. The summed E-state index contributed by atoms with van der Waals surface area (Å²) in [7, 11) is 2.17. The van der Waals surface area contributed by atoms with Gasteiger partial charge in [0.1, 0.15) is 6.17 Å². The van der Waals surface area contributed by atoms with E-state index in [0.29, 0.717) is 23.9 Å². The zero-order chi connectivity index (χ0) is 11.1. The first kappa shape index (κ1) is 11.0. The summed E-state index contributed by atoms with van der Waals surface area (Å²) in [5.74, 6) is 0.881. The number of hydrogen-bond acceptors (Lipinski definition) is 2. The van der Waals surface area contributed by atoms with Crippen LogP contribution in [0.1, 0.15) is 32.1 Å². The number of alkyl halides is 1. The number of hydrogen-bond donors (Lipinski definition) is 1. The van der Waals surface area contributed by atoms with Gasteiger partial charge in [0.15, 0.2) is 0 Å². The fourth-order valence-corrected chi connectivity index (χ4v) is 4.16. The minimum Gasteiger partial charge on any atom is -0.311 e. The lowest BCUT2D eigenvalue weighted by molar-refractivity contribution is 0.0501. The van der Waals surface area contributed by atoms with E-state index in [0.717, 1.165) is 13.0 Å². The molecule has 0 aromatic heterocycles. The molecule has 5 atom stereocenters. The van der Waals surface area contributed by atoms with Gasteiger partial charge in [0, 0.05) is 24.5 Å². The van der Waals surface area contributed by atoms with Crippen molar-refractivity contribution in [2.24, 2.45) is 11.8 Å². The zero-order valence-electron chi connectivity index (χ0n) is 10.2. The molecular formula is C13H23FN2. The number of halogens is 1. The first-order chi connectivity index (χ1) is 7.74. The Kier molecular flexibility index (Phi) is 2.92. The quantitative estimate of drug-likeness (QED) is 0.733. The van der Waals surface area contributed by atoms with E-state index < -0.39 is 6.17 Å². The Morgan fingerprint density at radius 3 is 2.94 bits per heavy atom. The predicted molar refractivity (Wildman–Crippen MR) is 63.2 cm³/mol. The van der Waals surface area contributed by atoms with E-state index in [1.807, 2.05) is 0 Å². The van der Waals surface area contributed by atoms with Gasteiger partial charge in [-0.05, 0) is 51.6 Å². The van der Waals surface area contributed by atoms with Crippen LogP contribution in [0.15, 0.2) is 0 Å². The highest BCUT2D eigenvalue weighted by Gasteiger charge is 2.45. The van der Waals surface area contributed by atoms with Gasteiger partial charge in [0.05, 0.1) is 0 Å². The van der Waals surface area contributed by atoms with Crippen LogP contribution in [0.25, 0.3) is 0 Å². The first-order valence-electron chi connectivity index (χ1n) is 6.82. The lowest BCUT2D eigenvalue weighted by Crippen LogP contribution is -2.52. The van der Waals surface area contributed by atoms with Gasteiger partial charge in [-0.3, -0.25) is 0 Å². The molecule has 0 aromatic carbocycles. The second-order valence-electron chi connectivity index (χ2n) is 6.04. The molecule has 0 aromatic rings. The van der Waals surface area contributed by atoms with Gasteiger partial charge in [-0.15, -0.1) is 0 Å². The largest absolute Gasteiger partial charge is 0.311 e. The molecule has 0 radical (unpaired) electrons. The van der Waals surface area contributed by atoms with Crippen LogP contribution in [0.3, 0.4) is 0 Å². The van der Waals surface area contributed by atoms with Crippen LogP contribution in [-0.4, -0.2) is 43.3 Å². The van der Waals surface area contributed by atoms with Gasteiger partial charge in [-0.1, -0.05) is 0 Å². The summed E-state index contributed by atoms with van der Waals surface area (Å²) in [5, 5.41) is 3.62. The fraction of sp³-hybridized carbons (Fsp3) is 1.00. The minimum absolute atomic E-state index is 0.293. The van der Waals surface area contributed by atoms with Gasteiger partial charge in [0.2, 0.25) is 0 Å². The summed E-state index contributed by atoms with van der Waals surface area (Å²) in [6.07, 6.45) is 5.11. The molecule has 3 rings (SSSR count). The standard InChI is InChI=1S/C13H23FN2/c1-16-6-2-3-9(8-16)13-11(14)7-10-4-5-12(13)15-10/h9-13,15H,2-8H2,1H3. The SMILES string of the molecule is CN1CCCC(C2C(F)CC3CCC2N3)C1. The third kappa shape index (κ3) is 1.88. The number of nitrogens with zero attached hydrogens (tertiary/aromatic N) is 1. The van der Waals surface area contributed by atoms with E-state index in [1.165, 1.54) is 32.2 Å². The second-order valence-corrected chi connectivity index (χ2v) is 6.04. The summed E-state index contributed by atoms with van der Waals surface area (Å²) in [6, 6.07) is 0.961. The van der Waals surface area contributed by atoms with Gasteiger partial charge in [0.25, 0.3) is 0 Å². The molecule has 3 fully saturated rings. The van der Waals surface area contributed by atoms with Crippen LogP contribution in [-0.2, 0) is 0 Å². The smallest absolute Gasteiger partial charge is 0.106 e. The maximum atomic E-state index is 14.2. The monoisotopic (exact) mass is 226 g/mol. The van der Waals surface area contributed by atoms with Crippen molar-refractivity contribution in [3.8, 4) is 0 Å². The Morgan fingerprint density at radius 1 is 1.25 bits per heavy atom. The molecule has 3 heteroatoms. The molecule has 2 nitrogen and oxygen atoms in total. The number of likely N-dealkylation sites (tertiary alicyclic amines) is 1. The molecule has 92 valence electrons. The molecule has 16 heavy (non-hydrogen) atoms. The Hall–Kier alpha value is -0.150. The molecule has 2 bridgehead atoms. The van der Waals surface area contributed by atoms with E-state index in [2.05, 4.69) is 17.3 Å². The molecule has 3 aliphatic heterocycles. The van der Waals surface area contributed by atoms with Crippen molar-refractivity contribution in [3.05, 3.63) is 0 Å². The van der Waals surface area contributed by atoms with Gasteiger partial charge in [-0.25, -0.2) is 4.39 Å². The van der Waals surface area contributed by atoms with E-state index in [1.54, 1.807) is 0 Å². The maximum Gasteiger partial charge on any atom is 0.106 e. The molecule has 0 amide bonds. The van der Waals surface area contributed by atoms with Crippen molar-refractivity contribution in [3.63, 3.8) is 0 Å². The number of nitrogens with one attached hydrogen (secondary N) is 1. The normalized spacial score (nSPS) is 49.5. The van der Waals surface area contributed by atoms with Crippen molar-refractivity contribution in [1.29, 1.82) is 0 Å². The van der Waals surface area contributed by atoms with Crippen molar-refractivity contribution >= 4 is 0 Å². The van der Waals surface area contributed by atoms with Crippen molar-refractivity contribution < 1.29 is 4.39 Å². The molecule has 3 aliphatic rings. The highest BCUT2D eigenvalue weighted by Crippen LogP contribution is 2.40. The number of piperidine rings is 2. The molecular weight excluding hydrogens is 203 g/mol. The van der Waals surface area contributed by atoms with E-state index in [-0.39, 0.29) is 0 Å². The average Bonchev–Trinajstić information content (AvgIpc) is 2.61. The van der Waals surface area contributed by atoms with Crippen LogP contribution in [0, 0.1) is 11.8 Å². The molecule has 0 saturated carbocycles. The van der Waals surface area contributed by atoms with Gasteiger partial charge >= 0.3 is 0 Å². The van der Waals surface area contributed by atoms with E-state index >= 15 is 0 Å². The third-order valence-electron chi connectivity index (χ3n) is 4.87. The average molecular weight is 226 g/mol. The molecule has 0 aliphatic carbocycles. The van der Waals surface area contributed by atoms with Crippen LogP contribution >= 0.6 is 0 Å². The minimum atomic E-state index is -0.546. The first-order valence-corrected chi connectivity index (χ1v) is 6.82. The molecule has 0 spiro atoms. The Bertz CT molecular complexity index is 258. The summed E-state index contributed by atoms with van der Waals surface area (Å²) < 4.78 is 14.2.